The first-order valence-electron chi connectivity index (χ1n) is 9.94. The van der Waals surface area contributed by atoms with Gasteiger partial charge in [-0.15, -0.1) is 0 Å². The van der Waals surface area contributed by atoms with Crippen LogP contribution < -0.4 is 5.32 Å². The SMILES string of the molecule is Cc1ccc([C@@H](CNC(=O)C2CCN(C(C)C)CC2)N2CCOCC2)o1. The van der Waals surface area contributed by atoms with Crippen LogP contribution in [0.2, 0.25) is 0 Å². The van der Waals surface area contributed by atoms with Crippen LogP contribution in [0.5, 0.6) is 0 Å². The van der Waals surface area contributed by atoms with Crippen molar-refractivity contribution in [3.63, 3.8) is 0 Å². The molecule has 0 spiro atoms. The number of carbonyl (C=O) groups is 1. The first kappa shape index (κ1) is 19.4. The molecule has 6 heteroatoms. The third-order valence-electron chi connectivity index (χ3n) is 5.68. The fourth-order valence-corrected chi connectivity index (χ4v) is 3.95. The lowest BCUT2D eigenvalue weighted by atomic mass is 9.95. The highest BCUT2D eigenvalue weighted by molar-refractivity contribution is 5.78. The Morgan fingerprint density at radius 2 is 1.85 bits per heavy atom. The van der Waals surface area contributed by atoms with Crippen molar-refractivity contribution in [2.75, 3.05) is 45.9 Å². The quantitative estimate of drug-likeness (QED) is 0.840. The summed E-state index contributed by atoms with van der Waals surface area (Å²) < 4.78 is 11.4. The van der Waals surface area contributed by atoms with Gasteiger partial charge in [-0.1, -0.05) is 0 Å². The highest BCUT2D eigenvalue weighted by Crippen LogP contribution is 2.24. The number of aryl methyl sites for hydroxylation is 1. The second-order valence-corrected chi connectivity index (χ2v) is 7.76. The van der Waals surface area contributed by atoms with Crippen LogP contribution in [0.25, 0.3) is 0 Å². The molecule has 0 radical (unpaired) electrons. The predicted molar refractivity (Wildman–Crippen MR) is 101 cm³/mol. The molecule has 1 atom stereocenters. The molecule has 2 aliphatic rings. The van der Waals surface area contributed by atoms with Crippen LogP contribution in [-0.4, -0.2) is 67.7 Å². The second-order valence-electron chi connectivity index (χ2n) is 7.76. The van der Waals surface area contributed by atoms with Crippen LogP contribution in [0.1, 0.15) is 44.3 Å². The number of carbonyl (C=O) groups excluding carboxylic acids is 1. The molecule has 0 saturated carbocycles. The van der Waals surface area contributed by atoms with Gasteiger partial charge in [0.2, 0.25) is 5.91 Å². The Labute approximate surface area is 156 Å². The van der Waals surface area contributed by atoms with E-state index in [2.05, 4.69) is 29.0 Å². The van der Waals surface area contributed by atoms with E-state index in [4.69, 9.17) is 9.15 Å². The maximum atomic E-state index is 12.7. The Hall–Kier alpha value is -1.37. The fourth-order valence-electron chi connectivity index (χ4n) is 3.95. The number of nitrogens with zero attached hydrogens (tertiary/aromatic N) is 2. The Balaban J connectivity index is 1.56. The molecule has 1 aromatic heterocycles. The minimum absolute atomic E-state index is 0.0762. The number of hydrogen-bond acceptors (Lipinski definition) is 5. The van der Waals surface area contributed by atoms with Gasteiger partial charge in [0, 0.05) is 31.6 Å². The molecule has 146 valence electrons. The van der Waals surface area contributed by atoms with Gasteiger partial charge in [0.1, 0.15) is 11.5 Å². The van der Waals surface area contributed by atoms with Gasteiger partial charge >= 0.3 is 0 Å². The zero-order valence-electron chi connectivity index (χ0n) is 16.4. The van der Waals surface area contributed by atoms with E-state index in [1.54, 1.807) is 0 Å². The molecule has 2 saturated heterocycles. The number of nitrogens with one attached hydrogen (secondary N) is 1. The van der Waals surface area contributed by atoms with Crippen molar-refractivity contribution >= 4 is 5.91 Å². The van der Waals surface area contributed by atoms with Gasteiger partial charge in [0.25, 0.3) is 0 Å². The summed E-state index contributed by atoms with van der Waals surface area (Å²) in [6, 6.07) is 4.66. The van der Waals surface area contributed by atoms with E-state index < -0.39 is 0 Å². The van der Waals surface area contributed by atoms with Gasteiger partial charge in [-0.2, -0.15) is 0 Å². The van der Waals surface area contributed by atoms with Crippen LogP contribution in [-0.2, 0) is 9.53 Å². The highest BCUT2D eigenvalue weighted by Gasteiger charge is 2.29. The predicted octanol–water partition coefficient (Wildman–Crippen LogP) is 2.20. The fraction of sp³-hybridized carbons (Fsp3) is 0.750. The molecule has 1 aromatic rings. The monoisotopic (exact) mass is 363 g/mol. The molecular formula is C20H33N3O3. The lowest BCUT2D eigenvalue weighted by Gasteiger charge is -2.35. The van der Waals surface area contributed by atoms with Gasteiger partial charge < -0.3 is 19.4 Å². The lowest BCUT2D eigenvalue weighted by molar-refractivity contribution is -0.127. The minimum Gasteiger partial charge on any atom is -0.465 e. The van der Waals surface area contributed by atoms with Crippen molar-refractivity contribution < 1.29 is 13.9 Å². The Morgan fingerprint density at radius 3 is 2.42 bits per heavy atom. The number of likely N-dealkylation sites (tertiary alicyclic amines) is 1. The van der Waals surface area contributed by atoms with E-state index in [0.717, 1.165) is 63.8 Å². The van der Waals surface area contributed by atoms with Crippen LogP contribution >= 0.6 is 0 Å². The summed E-state index contributed by atoms with van der Waals surface area (Å²) in [5.41, 5.74) is 0. The highest BCUT2D eigenvalue weighted by atomic mass is 16.5. The molecule has 0 bridgehead atoms. The third-order valence-corrected chi connectivity index (χ3v) is 5.68. The van der Waals surface area contributed by atoms with Crippen molar-refractivity contribution in [2.45, 2.75) is 45.7 Å². The summed E-state index contributed by atoms with van der Waals surface area (Å²) in [5.74, 6) is 2.16. The molecule has 26 heavy (non-hydrogen) atoms. The largest absolute Gasteiger partial charge is 0.465 e. The number of ether oxygens (including phenoxy) is 1. The van der Waals surface area contributed by atoms with E-state index in [0.29, 0.717) is 12.6 Å². The van der Waals surface area contributed by atoms with Gasteiger partial charge in [-0.3, -0.25) is 9.69 Å². The minimum atomic E-state index is 0.0762. The van der Waals surface area contributed by atoms with Crippen LogP contribution in [0.3, 0.4) is 0 Å². The van der Waals surface area contributed by atoms with E-state index in [-0.39, 0.29) is 17.9 Å². The van der Waals surface area contributed by atoms with E-state index in [1.807, 2.05) is 19.1 Å². The van der Waals surface area contributed by atoms with E-state index in [1.165, 1.54) is 0 Å². The molecule has 0 aromatic carbocycles. The maximum absolute atomic E-state index is 12.7. The molecule has 2 aliphatic heterocycles. The standard InChI is InChI=1S/C20H33N3O3/c1-15(2)22-8-6-17(7-9-22)20(24)21-14-18(19-5-4-16(3)26-19)23-10-12-25-13-11-23/h4-5,15,17-18H,6-14H2,1-3H3,(H,21,24)/t18-/m1/s1. The lowest BCUT2D eigenvalue weighted by Crippen LogP contribution is -2.46. The molecule has 2 fully saturated rings. The average molecular weight is 364 g/mol. The topological polar surface area (TPSA) is 58.0 Å². The van der Waals surface area contributed by atoms with E-state index in [9.17, 15) is 4.79 Å². The summed E-state index contributed by atoms with van der Waals surface area (Å²) in [6.45, 7) is 12.2. The maximum Gasteiger partial charge on any atom is 0.223 e. The molecular weight excluding hydrogens is 330 g/mol. The van der Waals surface area contributed by atoms with Crippen molar-refractivity contribution in [2.24, 2.45) is 5.92 Å². The number of rotatable bonds is 6. The van der Waals surface area contributed by atoms with Crippen molar-refractivity contribution in [1.29, 1.82) is 0 Å². The molecule has 3 rings (SSSR count). The smallest absolute Gasteiger partial charge is 0.223 e. The first-order chi connectivity index (χ1) is 12.5. The van der Waals surface area contributed by atoms with Crippen LogP contribution in [0.15, 0.2) is 16.5 Å². The summed E-state index contributed by atoms with van der Waals surface area (Å²) >= 11 is 0. The van der Waals surface area contributed by atoms with Gasteiger partial charge in [0.05, 0.1) is 19.3 Å². The number of furan rings is 1. The van der Waals surface area contributed by atoms with Crippen molar-refractivity contribution in [3.05, 3.63) is 23.7 Å². The van der Waals surface area contributed by atoms with Gasteiger partial charge in [0.15, 0.2) is 0 Å². The molecule has 6 nitrogen and oxygen atoms in total. The summed E-state index contributed by atoms with van der Waals surface area (Å²) in [6.07, 6.45) is 1.90. The number of morpholine rings is 1. The third kappa shape index (κ3) is 4.87. The number of hydrogen-bond donors (Lipinski definition) is 1. The van der Waals surface area contributed by atoms with Gasteiger partial charge in [-0.25, -0.2) is 0 Å². The molecule has 1 amide bonds. The van der Waals surface area contributed by atoms with E-state index >= 15 is 0 Å². The molecule has 0 unspecified atom stereocenters. The number of amides is 1. The zero-order valence-corrected chi connectivity index (χ0v) is 16.4. The van der Waals surface area contributed by atoms with Crippen LogP contribution in [0.4, 0.5) is 0 Å². The van der Waals surface area contributed by atoms with Gasteiger partial charge in [-0.05, 0) is 58.8 Å². The summed E-state index contributed by atoms with van der Waals surface area (Å²) in [5, 5.41) is 3.20. The Bertz CT molecular complexity index is 573. The van der Waals surface area contributed by atoms with Crippen molar-refractivity contribution in [3.8, 4) is 0 Å². The Kier molecular flexibility index (Phi) is 6.73. The van der Waals surface area contributed by atoms with Crippen LogP contribution in [0, 0.1) is 12.8 Å². The first-order valence-corrected chi connectivity index (χ1v) is 9.94. The molecule has 3 heterocycles. The Morgan fingerprint density at radius 1 is 1.15 bits per heavy atom. The average Bonchev–Trinajstić information content (AvgIpc) is 3.09. The molecule has 1 N–H and O–H groups in total. The number of piperidine rings is 1. The zero-order chi connectivity index (χ0) is 18.5. The van der Waals surface area contributed by atoms with Crippen molar-refractivity contribution in [1.82, 2.24) is 15.1 Å². The summed E-state index contributed by atoms with van der Waals surface area (Å²) in [7, 11) is 0. The summed E-state index contributed by atoms with van der Waals surface area (Å²) in [4.78, 5) is 17.5. The molecule has 0 aliphatic carbocycles. The normalized spacial score (nSPS) is 21.8. The second kappa shape index (κ2) is 9.02.